The molecule has 70 valence electrons. The van der Waals surface area contributed by atoms with Crippen LogP contribution in [0.1, 0.15) is 11.1 Å². The summed E-state index contributed by atoms with van der Waals surface area (Å²) >= 11 is 10.5. The van der Waals surface area contributed by atoms with E-state index >= 15 is 0 Å². The quantitative estimate of drug-likeness (QED) is 0.567. The fourth-order valence-electron chi connectivity index (χ4n) is 0.763. The third kappa shape index (κ3) is 3.20. The highest BCUT2D eigenvalue weighted by Crippen LogP contribution is 2.22. The van der Waals surface area contributed by atoms with Gasteiger partial charge in [0.2, 0.25) is 5.56 Å². The molecule has 1 aromatic carbocycles. The second kappa shape index (κ2) is 4.44. The smallest absolute Gasteiger partial charge is 0.405 e. The van der Waals surface area contributed by atoms with Gasteiger partial charge in [-0.2, -0.15) is 0 Å². The van der Waals surface area contributed by atoms with Crippen molar-refractivity contribution in [1.29, 1.82) is 0 Å². The molecule has 0 spiro atoms. The summed E-state index contributed by atoms with van der Waals surface area (Å²) in [5, 5.41) is 0. The van der Waals surface area contributed by atoms with Crippen molar-refractivity contribution in [2.24, 2.45) is 0 Å². The molecule has 0 saturated heterocycles. The minimum absolute atomic E-state index is 0.384. The van der Waals surface area contributed by atoms with E-state index in [1.807, 2.05) is 0 Å². The van der Waals surface area contributed by atoms with E-state index in [0.717, 1.165) is 0 Å². The molecule has 2 nitrogen and oxygen atoms in total. The number of rotatable bonds is 2. The first-order chi connectivity index (χ1) is 6.09. The number of hydrogen-bond donors (Lipinski definition) is 0. The van der Waals surface area contributed by atoms with Gasteiger partial charge in [0.15, 0.2) is 0 Å². The largest absolute Gasteiger partial charge is 0.429 e. The molecule has 0 bridgehead atoms. The van der Waals surface area contributed by atoms with Gasteiger partial charge in [-0.1, -0.05) is 23.7 Å². The van der Waals surface area contributed by atoms with Crippen LogP contribution in [-0.4, -0.2) is 5.43 Å². The summed E-state index contributed by atoms with van der Waals surface area (Å²) in [4.78, 5) is 10.3. The van der Waals surface area contributed by atoms with Gasteiger partial charge in [0.05, 0.1) is 0 Å². The Hall–Kier alpha value is -0.800. The van der Waals surface area contributed by atoms with Crippen LogP contribution in [0.15, 0.2) is 24.3 Å². The summed E-state index contributed by atoms with van der Waals surface area (Å²) in [5.74, 6) is -0.384. The number of hydrogen-bond acceptors (Lipinski definition) is 2. The van der Waals surface area contributed by atoms with Crippen molar-refractivity contribution in [3.63, 3.8) is 0 Å². The lowest BCUT2D eigenvalue weighted by atomic mass is 10.2. The molecule has 0 aliphatic rings. The SMILES string of the molecule is O=C(Cl)OC(Cl)c1ccc(F)cc1. The Morgan fingerprint density at radius 1 is 1.38 bits per heavy atom. The average Bonchev–Trinajstić information content (AvgIpc) is 2.04. The van der Waals surface area contributed by atoms with Crippen molar-refractivity contribution >= 4 is 28.6 Å². The van der Waals surface area contributed by atoms with E-state index in [0.29, 0.717) is 5.56 Å². The Morgan fingerprint density at radius 2 is 1.92 bits per heavy atom. The molecule has 0 heterocycles. The van der Waals surface area contributed by atoms with Crippen molar-refractivity contribution in [3.05, 3.63) is 35.6 Å². The first kappa shape index (κ1) is 10.3. The Labute approximate surface area is 84.2 Å². The molecular weight excluding hydrogens is 218 g/mol. The second-order valence-electron chi connectivity index (χ2n) is 2.22. The molecule has 0 aromatic heterocycles. The number of alkyl halides is 1. The topological polar surface area (TPSA) is 26.3 Å². The van der Waals surface area contributed by atoms with E-state index < -0.39 is 11.0 Å². The lowest BCUT2D eigenvalue weighted by molar-refractivity contribution is 0.160. The van der Waals surface area contributed by atoms with Gasteiger partial charge in [-0.15, -0.1) is 0 Å². The highest BCUT2D eigenvalue weighted by molar-refractivity contribution is 6.61. The molecule has 0 aliphatic carbocycles. The van der Waals surface area contributed by atoms with Crippen LogP contribution in [0.5, 0.6) is 0 Å². The second-order valence-corrected chi connectivity index (χ2v) is 2.93. The zero-order valence-electron chi connectivity index (χ0n) is 6.34. The molecular formula is C8H5Cl2FO2. The zero-order chi connectivity index (χ0) is 9.84. The lowest BCUT2D eigenvalue weighted by Gasteiger charge is -2.07. The number of carbonyl (C=O) groups excluding carboxylic acids is 1. The normalized spacial score (nSPS) is 12.2. The Balaban J connectivity index is 2.71. The zero-order valence-corrected chi connectivity index (χ0v) is 7.85. The van der Waals surface area contributed by atoms with Crippen molar-refractivity contribution in [3.8, 4) is 0 Å². The van der Waals surface area contributed by atoms with Crippen LogP contribution in [0.2, 0.25) is 0 Å². The van der Waals surface area contributed by atoms with Crippen LogP contribution in [0.4, 0.5) is 9.18 Å². The third-order valence-corrected chi connectivity index (χ3v) is 1.76. The molecule has 1 unspecified atom stereocenters. The summed E-state index contributed by atoms with van der Waals surface area (Å²) in [6, 6.07) is 5.25. The number of benzene rings is 1. The van der Waals surface area contributed by atoms with Crippen molar-refractivity contribution in [1.82, 2.24) is 0 Å². The van der Waals surface area contributed by atoms with Gasteiger partial charge in [0.25, 0.3) is 0 Å². The van der Waals surface area contributed by atoms with Gasteiger partial charge in [-0.05, 0) is 12.1 Å². The van der Waals surface area contributed by atoms with E-state index in [1.165, 1.54) is 24.3 Å². The summed E-state index contributed by atoms with van der Waals surface area (Å²) < 4.78 is 16.9. The Bertz CT molecular complexity index is 300. The fraction of sp³-hybridized carbons (Fsp3) is 0.125. The molecule has 1 aromatic rings. The molecule has 0 amide bonds. The van der Waals surface area contributed by atoms with Gasteiger partial charge in [-0.3, -0.25) is 0 Å². The van der Waals surface area contributed by atoms with Gasteiger partial charge in [0, 0.05) is 17.2 Å². The van der Waals surface area contributed by atoms with E-state index in [1.54, 1.807) is 0 Å². The van der Waals surface area contributed by atoms with Crippen molar-refractivity contribution in [2.75, 3.05) is 0 Å². The first-order valence-electron chi connectivity index (χ1n) is 3.35. The van der Waals surface area contributed by atoms with Crippen LogP contribution in [0, 0.1) is 5.82 Å². The summed E-state index contributed by atoms with van der Waals surface area (Å²) in [6.45, 7) is 0. The predicted octanol–water partition coefficient (Wildman–Crippen LogP) is 3.44. The van der Waals surface area contributed by atoms with E-state index in [2.05, 4.69) is 4.74 Å². The Kier molecular flexibility index (Phi) is 3.51. The molecule has 0 N–H and O–H groups in total. The minimum atomic E-state index is -0.996. The lowest BCUT2D eigenvalue weighted by Crippen LogP contribution is -1.99. The van der Waals surface area contributed by atoms with Gasteiger partial charge >= 0.3 is 5.43 Å². The summed E-state index contributed by atoms with van der Waals surface area (Å²) in [6.07, 6.45) is 0. The van der Waals surface area contributed by atoms with Gasteiger partial charge < -0.3 is 4.74 Å². The van der Waals surface area contributed by atoms with E-state index in [9.17, 15) is 9.18 Å². The molecule has 13 heavy (non-hydrogen) atoms. The summed E-state index contributed by atoms with van der Waals surface area (Å²) in [5.41, 5.74) is -1.51. The average molecular weight is 223 g/mol. The Morgan fingerprint density at radius 3 is 2.38 bits per heavy atom. The maximum absolute atomic E-state index is 12.4. The molecule has 5 heteroatoms. The highest BCUT2D eigenvalue weighted by Gasteiger charge is 2.11. The molecule has 1 atom stereocenters. The maximum Gasteiger partial charge on any atom is 0.405 e. The van der Waals surface area contributed by atoms with E-state index in [-0.39, 0.29) is 5.82 Å². The van der Waals surface area contributed by atoms with Crippen molar-refractivity contribution in [2.45, 2.75) is 5.56 Å². The predicted molar refractivity (Wildman–Crippen MR) is 47.3 cm³/mol. The van der Waals surface area contributed by atoms with Crippen LogP contribution in [0.25, 0.3) is 0 Å². The van der Waals surface area contributed by atoms with Crippen LogP contribution < -0.4 is 0 Å². The maximum atomic E-state index is 12.4. The standard InChI is InChI=1S/C8H5Cl2FO2/c9-7(13-8(10)12)5-1-3-6(11)4-2-5/h1-4,7H. The number of ether oxygens (including phenoxy) is 1. The van der Waals surface area contributed by atoms with Crippen LogP contribution >= 0.6 is 23.2 Å². The molecule has 1 rings (SSSR count). The van der Waals surface area contributed by atoms with Gasteiger partial charge in [-0.25, -0.2) is 9.18 Å². The summed E-state index contributed by atoms with van der Waals surface area (Å²) in [7, 11) is 0. The third-order valence-electron chi connectivity index (χ3n) is 1.33. The highest BCUT2D eigenvalue weighted by atomic mass is 35.5. The van der Waals surface area contributed by atoms with Crippen LogP contribution in [0.3, 0.4) is 0 Å². The van der Waals surface area contributed by atoms with E-state index in [4.69, 9.17) is 23.2 Å². The van der Waals surface area contributed by atoms with Gasteiger partial charge in [0.1, 0.15) is 5.82 Å². The molecule has 0 fully saturated rings. The number of halogens is 3. The fourth-order valence-corrected chi connectivity index (χ4v) is 1.12. The molecule has 0 radical (unpaired) electrons. The number of carbonyl (C=O) groups is 1. The molecule has 0 saturated carbocycles. The van der Waals surface area contributed by atoms with Crippen LogP contribution in [-0.2, 0) is 4.74 Å². The van der Waals surface area contributed by atoms with Crippen molar-refractivity contribution < 1.29 is 13.9 Å². The monoisotopic (exact) mass is 222 g/mol. The molecule has 0 aliphatic heterocycles. The minimum Gasteiger partial charge on any atom is -0.429 e. The first-order valence-corrected chi connectivity index (χ1v) is 4.16.